The van der Waals surface area contributed by atoms with Crippen molar-refractivity contribution in [3.05, 3.63) is 66.2 Å². The summed E-state index contributed by atoms with van der Waals surface area (Å²) >= 11 is 0. The highest BCUT2D eigenvalue weighted by Gasteiger charge is 2.26. The Hall–Kier alpha value is -3.32. The molecule has 1 fully saturated rings. The van der Waals surface area contributed by atoms with Gasteiger partial charge in [0.1, 0.15) is 11.6 Å². The Morgan fingerprint density at radius 1 is 1.17 bits per heavy atom. The molecule has 148 valence electrons. The van der Waals surface area contributed by atoms with Gasteiger partial charge < -0.3 is 15.4 Å². The number of nitrogen functional groups attached to an aromatic ring is 1. The molecule has 0 bridgehead atoms. The van der Waals surface area contributed by atoms with Gasteiger partial charge in [-0.1, -0.05) is 24.3 Å². The number of hydrogen-bond acceptors (Lipinski definition) is 5. The topological polar surface area (TPSA) is 81.3 Å². The van der Waals surface area contributed by atoms with Gasteiger partial charge in [0.15, 0.2) is 0 Å². The molecule has 0 spiro atoms. The molecule has 0 radical (unpaired) electrons. The van der Waals surface area contributed by atoms with E-state index in [1.165, 1.54) is 18.5 Å². The quantitative estimate of drug-likeness (QED) is 0.739. The van der Waals surface area contributed by atoms with Crippen LogP contribution in [-0.2, 0) is 4.74 Å². The lowest BCUT2D eigenvalue weighted by Gasteiger charge is -2.33. The van der Waals surface area contributed by atoms with Gasteiger partial charge in [0, 0.05) is 17.7 Å². The van der Waals surface area contributed by atoms with E-state index in [4.69, 9.17) is 10.5 Å². The Morgan fingerprint density at radius 3 is 2.72 bits per heavy atom. The Bertz CT molecular complexity index is 1040. The summed E-state index contributed by atoms with van der Waals surface area (Å²) in [6.07, 6.45) is 2.82. The summed E-state index contributed by atoms with van der Waals surface area (Å²) in [4.78, 5) is 23.0. The maximum absolute atomic E-state index is 14.9. The molecule has 4 rings (SSSR count). The molecular weight excluding hydrogens is 371 g/mol. The van der Waals surface area contributed by atoms with Crippen LogP contribution in [0, 0.1) is 5.82 Å². The summed E-state index contributed by atoms with van der Waals surface area (Å²) in [6, 6.07) is 12.1. The number of rotatable bonds is 3. The number of amides is 1. The van der Waals surface area contributed by atoms with Crippen molar-refractivity contribution in [2.75, 3.05) is 25.5 Å². The number of nitrogens with zero attached hydrogens (tertiary/aromatic N) is 3. The molecule has 2 aromatic carbocycles. The standard InChI is InChI=1S/C22H21FN4O2/c1-14-13-29-9-8-27(14)22(28)17-5-3-2-4-16(17)15-6-7-18(19(23)10-15)20-11-26-21(24)12-25-20/h2-7,10-12,14H,8-9,13H2,1H3,(H2,24,26)/t14-/m1/s1. The van der Waals surface area contributed by atoms with Crippen LogP contribution < -0.4 is 5.73 Å². The molecule has 0 unspecified atom stereocenters. The maximum atomic E-state index is 14.9. The second kappa shape index (κ2) is 7.97. The molecule has 0 aliphatic carbocycles. The third kappa shape index (κ3) is 3.82. The molecular formula is C22H21FN4O2. The van der Waals surface area contributed by atoms with E-state index >= 15 is 0 Å². The predicted octanol–water partition coefficient (Wildman–Crippen LogP) is 3.39. The number of anilines is 1. The molecule has 3 aromatic rings. The van der Waals surface area contributed by atoms with Gasteiger partial charge in [-0.2, -0.15) is 0 Å². The number of nitrogens with two attached hydrogens (primary N) is 1. The summed E-state index contributed by atoms with van der Waals surface area (Å²) in [6.45, 7) is 3.53. The summed E-state index contributed by atoms with van der Waals surface area (Å²) < 4.78 is 20.3. The highest BCUT2D eigenvalue weighted by Crippen LogP contribution is 2.30. The smallest absolute Gasteiger partial charge is 0.254 e. The van der Waals surface area contributed by atoms with Crippen LogP contribution in [0.4, 0.5) is 10.2 Å². The van der Waals surface area contributed by atoms with Gasteiger partial charge in [-0.15, -0.1) is 0 Å². The third-order valence-electron chi connectivity index (χ3n) is 5.01. The normalized spacial score (nSPS) is 16.6. The molecule has 29 heavy (non-hydrogen) atoms. The molecule has 1 saturated heterocycles. The zero-order chi connectivity index (χ0) is 20.4. The van der Waals surface area contributed by atoms with E-state index in [1.54, 1.807) is 23.1 Å². The van der Waals surface area contributed by atoms with Gasteiger partial charge in [0.25, 0.3) is 5.91 Å². The number of morpholine rings is 1. The van der Waals surface area contributed by atoms with Crippen LogP contribution in [0.15, 0.2) is 54.9 Å². The van der Waals surface area contributed by atoms with E-state index in [9.17, 15) is 9.18 Å². The zero-order valence-corrected chi connectivity index (χ0v) is 16.0. The molecule has 2 N–H and O–H groups in total. The first-order valence-electron chi connectivity index (χ1n) is 9.40. The lowest BCUT2D eigenvalue weighted by Crippen LogP contribution is -2.47. The van der Waals surface area contributed by atoms with E-state index in [0.29, 0.717) is 47.7 Å². The van der Waals surface area contributed by atoms with Crippen LogP contribution in [-0.4, -0.2) is 46.6 Å². The number of aromatic nitrogens is 2. The van der Waals surface area contributed by atoms with Gasteiger partial charge >= 0.3 is 0 Å². The SMILES string of the molecule is C[C@@H]1COCCN1C(=O)c1ccccc1-c1ccc(-c2cnc(N)cn2)c(F)c1. The largest absolute Gasteiger partial charge is 0.382 e. The first-order chi connectivity index (χ1) is 14.0. The van der Waals surface area contributed by atoms with Crippen molar-refractivity contribution in [2.45, 2.75) is 13.0 Å². The fraction of sp³-hybridized carbons (Fsp3) is 0.227. The first kappa shape index (κ1) is 19.0. The lowest BCUT2D eigenvalue weighted by molar-refractivity contribution is 0.00364. The molecule has 1 amide bonds. The average Bonchev–Trinajstić information content (AvgIpc) is 2.74. The predicted molar refractivity (Wildman–Crippen MR) is 109 cm³/mol. The van der Waals surface area contributed by atoms with Crippen molar-refractivity contribution in [1.82, 2.24) is 14.9 Å². The molecule has 1 atom stereocenters. The van der Waals surface area contributed by atoms with Crippen molar-refractivity contribution in [3.8, 4) is 22.4 Å². The fourth-order valence-electron chi connectivity index (χ4n) is 3.47. The minimum atomic E-state index is -0.441. The molecule has 6 nitrogen and oxygen atoms in total. The van der Waals surface area contributed by atoms with Crippen LogP contribution in [0.3, 0.4) is 0 Å². The van der Waals surface area contributed by atoms with E-state index in [-0.39, 0.29) is 17.8 Å². The Kier molecular flexibility index (Phi) is 5.22. The van der Waals surface area contributed by atoms with Crippen molar-refractivity contribution in [2.24, 2.45) is 0 Å². The minimum absolute atomic E-state index is 0.00694. The Balaban J connectivity index is 1.70. The van der Waals surface area contributed by atoms with Crippen LogP contribution in [0.1, 0.15) is 17.3 Å². The second-order valence-electron chi connectivity index (χ2n) is 6.99. The van der Waals surface area contributed by atoms with Crippen molar-refractivity contribution < 1.29 is 13.9 Å². The number of carbonyl (C=O) groups is 1. The van der Waals surface area contributed by atoms with Crippen LogP contribution in [0.5, 0.6) is 0 Å². The highest BCUT2D eigenvalue weighted by molar-refractivity contribution is 6.01. The van der Waals surface area contributed by atoms with Gasteiger partial charge in [0.2, 0.25) is 0 Å². The molecule has 0 saturated carbocycles. The van der Waals surface area contributed by atoms with E-state index < -0.39 is 5.82 Å². The highest BCUT2D eigenvalue weighted by atomic mass is 19.1. The van der Waals surface area contributed by atoms with Crippen molar-refractivity contribution >= 4 is 11.7 Å². The Morgan fingerprint density at radius 2 is 2.00 bits per heavy atom. The number of carbonyl (C=O) groups excluding carboxylic acids is 1. The fourth-order valence-corrected chi connectivity index (χ4v) is 3.47. The molecule has 1 aromatic heterocycles. The van der Waals surface area contributed by atoms with Crippen LogP contribution >= 0.6 is 0 Å². The summed E-state index contributed by atoms with van der Waals surface area (Å²) in [5, 5.41) is 0. The molecule has 2 heterocycles. The minimum Gasteiger partial charge on any atom is -0.382 e. The van der Waals surface area contributed by atoms with Gasteiger partial charge in [-0.3, -0.25) is 9.78 Å². The average molecular weight is 392 g/mol. The number of ether oxygens (including phenoxy) is 1. The second-order valence-corrected chi connectivity index (χ2v) is 6.99. The zero-order valence-electron chi connectivity index (χ0n) is 16.0. The number of halogens is 1. The van der Waals surface area contributed by atoms with E-state index in [2.05, 4.69) is 9.97 Å². The molecule has 7 heteroatoms. The van der Waals surface area contributed by atoms with Gasteiger partial charge in [-0.25, -0.2) is 9.37 Å². The number of hydrogen-bond donors (Lipinski definition) is 1. The number of benzene rings is 2. The maximum Gasteiger partial charge on any atom is 0.254 e. The van der Waals surface area contributed by atoms with Gasteiger partial charge in [0.05, 0.1) is 37.3 Å². The van der Waals surface area contributed by atoms with Crippen LogP contribution in [0.25, 0.3) is 22.4 Å². The Labute approximate surface area is 168 Å². The van der Waals surface area contributed by atoms with Crippen molar-refractivity contribution in [3.63, 3.8) is 0 Å². The summed E-state index contributed by atoms with van der Waals surface area (Å²) in [5.41, 5.74) is 8.12. The van der Waals surface area contributed by atoms with E-state index in [0.717, 1.165) is 0 Å². The third-order valence-corrected chi connectivity index (χ3v) is 5.01. The molecule has 1 aliphatic rings. The van der Waals surface area contributed by atoms with E-state index in [1.807, 2.05) is 25.1 Å². The van der Waals surface area contributed by atoms with Gasteiger partial charge in [-0.05, 0) is 36.2 Å². The van der Waals surface area contributed by atoms with Crippen LogP contribution in [0.2, 0.25) is 0 Å². The monoisotopic (exact) mass is 392 g/mol. The summed E-state index contributed by atoms with van der Waals surface area (Å²) in [7, 11) is 0. The van der Waals surface area contributed by atoms with Crippen molar-refractivity contribution in [1.29, 1.82) is 0 Å². The summed E-state index contributed by atoms with van der Waals surface area (Å²) in [5.74, 6) is -0.246. The lowest BCUT2D eigenvalue weighted by atomic mass is 9.96. The first-order valence-corrected chi connectivity index (χ1v) is 9.40. The molecule has 1 aliphatic heterocycles.